The highest BCUT2D eigenvalue weighted by molar-refractivity contribution is 5.98. The molecule has 2 aromatic rings. The van der Waals surface area contributed by atoms with E-state index < -0.39 is 0 Å². The molecule has 0 radical (unpaired) electrons. The first-order chi connectivity index (χ1) is 12.9. The van der Waals surface area contributed by atoms with Gasteiger partial charge in [0.25, 0.3) is 5.91 Å². The van der Waals surface area contributed by atoms with Crippen molar-refractivity contribution in [1.82, 2.24) is 9.80 Å². The lowest BCUT2D eigenvalue weighted by molar-refractivity contribution is -0.128. The number of carbonyl (C=O) groups excluding carboxylic acids is 3. The molecule has 1 aromatic heterocycles. The van der Waals surface area contributed by atoms with Crippen molar-refractivity contribution in [3.63, 3.8) is 0 Å². The minimum absolute atomic E-state index is 0.136. The Kier molecular flexibility index (Phi) is 5.12. The van der Waals surface area contributed by atoms with Crippen LogP contribution in [-0.4, -0.2) is 58.7 Å². The van der Waals surface area contributed by atoms with Crippen LogP contribution in [0.4, 0.5) is 0 Å². The second-order valence-corrected chi connectivity index (χ2v) is 6.39. The molecule has 2 heterocycles. The molecule has 1 saturated heterocycles. The maximum absolute atomic E-state index is 13.0. The van der Waals surface area contributed by atoms with Crippen LogP contribution < -0.4 is 0 Å². The molecule has 1 fully saturated rings. The van der Waals surface area contributed by atoms with Gasteiger partial charge in [0.05, 0.1) is 5.56 Å². The van der Waals surface area contributed by atoms with E-state index in [0.717, 1.165) is 0 Å². The van der Waals surface area contributed by atoms with Crippen molar-refractivity contribution >= 4 is 18.1 Å². The van der Waals surface area contributed by atoms with Gasteiger partial charge >= 0.3 is 0 Å². The third-order valence-electron chi connectivity index (χ3n) is 4.63. The Bertz CT molecular complexity index is 902. The summed E-state index contributed by atoms with van der Waals surface area (Å²) in [5.74, 6) is -0.0109. The van der Waals surface area contributed by atoms with Crippen LogP contribution in [0.15, 0.2) is 47.4 Å². The Balaban J connectivity index is 1.84. The Morgan fingerprint density at radius 1 is 1.26 bits per heavy atom. The zero-order chi connectivity index (χ0) is 19.6. The van der Waals surface area contributed by atoms with Gasteiger partial charge in [0.1, 0.15) is 11.5 Å². The second-order valence-electron chi connectivity index (χ2n) is 6.39. The van der Waals surface area contributed by atoms with Crippen molar-refractivity contribution in [3.05, 3.63) is 54.3 Å². The molecule has 0 spiro atoms. The number of nitrogens with zero attached hydrogens (tertiary/aromatic N) is 2. The number of furan rings is 1. The van der Waals surface area contributed by atoms with Crippen molar-refractivity contribution in [2.75, 3.05) is 19.6 Å². The third-order valence-corrected chi connectivity index (χ3v) is 4.63. The number of aromatic hydroxyl groups is 1. The number of hydrogen-bond donors (Lipinski definition) is 1. The molecule has 1 aromatic carbocycles. The van der Waals surface area contributed by atoms with E-state index in [1.54, 1.807) is 28.0 Å². The van der Waals surface area contributed by atoms with Gasteiger partial charge in [-0.15, -0.1) is 0 Å². The van der Waals surface area contributed by atoms with Gasteiger partial charge in [-0.05, 0) is 43.3 Å². The van der Waals surface area contributed by atoms with Gasteiger partial charge in [-0.3, -0.25) is 14.4 Å². The number of amides is 2. The Morgan fingerprint density at radius 3 is 2.67 bits per heavy atom. The molecule has 1 N–H and O–H groups in total. The van der Waals surface area contributed by atoms with Gasteiger partial charge in [0, 0.05) is 31.2 Å². The van der Waals surface area contributed by atoms with Crippen molar-refractivity contribution in [1.29, 1.82) is 0 Å². The number of rotatable bonds is 4. The number of aldehydes is 1. The largest absolute Gasteiger partial charge is 0.507 e. The van der Waals surface area contributed by atoms with Crippen LogP contribution in [-0.2, 0) is 4.79 Å². The van der Waals surface area contributed by atoms with E-state index in [1.807, 2.05) is 6.92 Å². The van der Waals surface area contributed by atoms with Crippen LogP contribution in [0.1, 0.15) is 27.8 Å². The molecule has 0 unspecified atom stereocenters. The van der Waals surface area contributed by atoms with Gasteiger partial charge in [-0.25, -0.2) is 0 Å². The van der Waals surface area contributed by atoms with Crippen LogP contribution >= 0.6 is 0 Å². The molecule has 1 atom stereocenters. The summed E-state index contributed by atoms with van der Waals surface area (Å²) >= 11 is 0. The number of phenols is 1. The first-order valence-electron chi connectivity index (χ1n) is 8.55. The predicted molar refractivity (Wildman–Crippen MR) is 98.5 cm³/mol. The first kappa shape index (κ1) is 18.4. The number of carbonyl (C=O) groups is 3. The molecule has 3 rings (SSSR count). The maximum atomic E-state index is 13.0. The molecule has 7 heteroatoms. The van der Waals surface area contributed by atoms with Gasteiger partial charge in [0.2, 0.25) is 5.91 Å². The fourth-order valence-electron chi connectivity index (χ4n) is 3.18. The standard InChI is InChI=1S/C20H20N2O5/c1-3-19(25)21-8-9-22(13(2)11-21)20(26)16-10-14(4-6-17(16)24)18-7-5-15(12-23)27-18/h3-7,10,12-13,24H,1,8-9,11H2,2H3/t13-/m0/s1. The van der Waals surface area contributed by atoms with Crippen LogP contribution in [0.2, 0.25) is 0 Å². The van der Waals surface area contributed by atoms with Gasteiger partial charge < -0.3 is 19.3 Å². The highest BCUT2D eigenvalue weighted by atomic mass is 16.3. The van der Waals surface area contributed by atoms with E-state index >= 15 is 0 Å². The molecule has 27 heavy (non-hydrogen) atoms. The van der Waals surface area contributed by atoms with Crippen LogP contribution in [0.5, 0.6) is 5.75 Å². The van der Waals surface area contributed by atoms with E-state index in [4.69, 9.17) is 4.42 Å². The highest BCUT2D eigenvalue weighted by Crippen LogP contribution is 2.29. The average molecular weight is 368 g/mol. The predicted octanol–water partition coefficient (Wildman–Crippen LogP) is 2.32. The highest BCUT2D eigenvalue weighted by Gasteiger charge is 2.30. The topological polar surface area (TPSA) is 91.1 Å². The second kappa shape index (κ2) is 7.49. The molecule has 0 saturated carbocycles. The fourth-order valence-corrected chi connectivity index (χ4v) is 3.18. The average Bonchev–Trinajstić information content (AvgIpc) is 3.16. The molecule has 2 amide bonds. The summed E-state index contributed by atoms with van der Waals surface area (Å²) in [7, 11) is 0. The summed E-state index contributed by atoms with van der Waals surface area (Å²) in [6.45, 7) is 6.50. The molecule has 1 aliphatic heterocycles. The quantitative estimate of drug-likeness (QED) is 0.661. The van der Waals surface area contributed by atoms with Crippen molar-refractivity contribution < 1.29 is 23.9 Å². The summed E-state index contributed by atoms with van der Waals surface area (Å²) in [6.07, 6.45) is 1.86. The monoisotopic (exact) mass is 368 g/mol. The number of piperazine rings is 1. The zero-order valence-corrected chi connectivity index (χ0v) is 14.9. The van der Waals surface area contributed by atoms with Crippen molar-refractivity contribution in [2.24, 2.45) is 0 Å². The summed E-state index contributed by atoms with van der Waals surface area (Å²) in [4.78, 5) is 38.8. The molecule has 0 aliphatic carbocycles. The van der Waals surface area contributed by atoms with Crippen LogP contribution in [0.3, 0.4) is 0 Å². The van der Waals surface area contributed by atoms with Crippen LogP contribution in [0.25, 0.3) is 11.3 Å². The lowest BCUT2D eigenvalue weighted by Gasteiger charge is -2.39. The lowest BCUT2D eigenvalue weighted by atomic mass is 10.0. The molecular formula is C20H20N2O5. The maximum Gasteiger partial charge on any atom is 0.257 e. The summed E-state index contributed by atoms with van der Waals surface area (Å²) in [6, 6.07) is 7.54. The van der Waals surface area contributed by atoms with E-state index in [1.165, 1.54) is 18.2 Å². The molecular weight excluding hydrogens is 348 g/mol. The Labute approximate surface area is 156 Å². The molecule has 1 aliphatic rings. The van der Waals surface area contributed by atoms with Crippen LogP contribution in [0, 0.1) is 0 Å². The van der Waals surface area contributed by atoms with Crippen molar-refractivity contribution in [2.45, 2.75) is 13.0 Å². The zero-order valence-electron chi connectivity index (χ0n) is 14.9. The SMILES string of the molecule is C=CC(=O)N1CCN(C(=O)c2cc(-c3ccc(C=O)o3)ccc2O)[C@@H](C)C1. The molecule has 7 nitrogen and oxygen atoms in total. The fraction of sp³-hybridized carbons (Fsp3) is 0.250. The summed E-state index contributed by atoms with van der Waals surface area (Å²) in [5, 5.41) is 10.2. The normalized spacial score (nSPS) is 16.9. The lowest BCUT2D eigenvalue weighted by Crippen LogP contribution is -2.55. The van der Waals surface area contributed by atoms with E-state index in [0.29, 0.717) is 37.2 Å². The van der Waals surface area contributed by atoms with Crippen molar-refractivity contribution in [3.8, 4) is 17.1 Å². The number of hydrogen-bond acceptors (Lipinski definition) is 5. The Hall–Kier alpha value is -3.35. The Morgan fingerprint density at radius 2 is 2.04 bits per heavy atom. The minimum Gasteiger partial charge on any atom is -0.507 e. The van der Waals surface area contributed by atoms with Gasteiger partial charge in [0.15, 0.2) is 12.0 Å². The van der Waals surface area contributed by atoms with Gasteiger partial charge in [-0.1, -0.05) is 6.58 Å². The van der Waals surface area contributed by atoms with E-state index in [-0.39, 0.29) is 34.9 Å². The molecule has 140 valence electrons. The van der Waals surface area contributed by atoms with Gasteiger partial charge in [-0.2, -0.15) is 0 Å². The summed E-state index contributed by atoms with van der Waals surface area (Å²) < 4.78 is 5.38. The number of benzene rings is 1. The minimum atomic E-state index is -0.324. The smallest absolute Gasteiger partial charge is 0.257 e. The number of phenolic OH excluding ortho intramolecular Hbond substituents is 1. The third kappa shape index (κ3) is 3.62. The van der Waals surface area contributed by atoms with E-state index in [9.17, 15) is 19.5 Å². The molecule has 0 bridgehead atoms. The van der Waals surface area contributed by atoms with E-state index in [2.05, 4.69) is 6.58 Å². The summed E-state index contributed by atoms with van der Waals surface area (Å²) in [5.41, 5.74) is 0.726. The first-order valence-corrected chi connectivity index (χ1v) is 8.55.